The fourth-order valence-corrected chi connectivity index (χ4v) is 1.44. The van der Waals surface area contributed by atoms with Gasteiger partial charge in [0, 0.05) is 5.56 Å². The molecule has 1 aromatic carbocycles. The predicted octanol–water partition coefficient (Wildman–Crippen LogP) is 2.81. The van der Waals surface area contributed by atoms with Gasteiger partial charge in [0.1, 0.15) is 6.10 Å². The third kappa shape index (κ3) is 2.35. The van der Waals surface area contributed by atoms with E-state index in [0.29, 0.717) is 0 Å². The summed E-state index contributed by atoms with van der Waals surface area (Å²) in [6.45, 7) is 1.38. The van der Waals surface area contributed by atoms with Crippen molar-refractivity contribution in [3.8, 4) is 11.4 Å². The molecule has 0 aliphatic carbocycles. The Morgan fingerprint density at radius 1 is 1.28 bits per heavy atom. The highest BCUT2D eigenvalue weighted by Gasteiger charge is 2.34. The Bertz CT molecular complexity index is 549. The molecule has 18 heavy (non-hydrogen) atoms. The third-order valence-corrected chi connectivity index (χ3v) is 2.27. The molecule has 0 fully saturated rings. The van der Waals surface area contributed by atoms with E-state index < -0.39 is 17.8 Å². The largest absolute Gasteiger partial charge is 0.417 e. The highest BCUT2D eigenvalue weighted by Crippen LogP contribution is 2.35. The lowest BCUT2D eigenvalue weighted by Gasteiger charge is -2.09. The topological polar surface area (TPSA) is 59.2 Å². The van der Waals surface area contributed by atoms with Crippen molar-refractivity contribution < 1.29 is 22.8 Å². The molecule has 7 heteroatoms. The number of aliphatic hydroxyl groups is 1. The van der Waals surface area contributed by atoms with Crippen molar-refractivity contribution in [2.45, 2.75) is 19.2 Å². The highest BCUT2D eigenvalue weighted by atomic mass is 19.4. The van der Waals surface area contributed by atoms with E-state index in [-0.39, 0.29) is 17.3 Å². The summed E-state index contributed by atoms with van der Waals surface area (Å²) in [4.78, 5) is 3.73. The van der Waals surface area contributed by atoms with Gasteiger partial charge in [-0.2, -0.15) is 18.2 Å². The Balaban J connectivity index is 2.50. The normalized spacial score (nSPS) is 13.6. The van der Waals surface area contributed by atoms with Crippen LogP contribution >= 0.6 is 0 Å². The van der Waals surface area contributed by atoms with Crippen molar-refractivity contribution in [2.75, 3.05) is 0 Å². The summed E-state index contributed by atoms with van der Waals surface area (Å²) in [5.41, 5.74) is -1.02. The van der Waals surface area contributed by atoms with Gasteiger partial charge in [-0.05, 0) is 13.0 Å². The van der Waals surface area contributed by atoms with Crippen LogP contribution in [0.25, 0.3) is 11.4 Å². The fourth-order valence-electron chi connectivity index (χ4n) is 1.44. The van der Waals surface area contributed by atoms with E-state index in [0.717, 1.165) is 6.07 Å². The zero-order chi connectivity index (χ0) is 13.3. The van der Waals surface area contributed by atoms with Gasteiger partial charge < -0.3 is 9.63 Å². The first-order chi connectivity index (χ1) is 8.39. The molecule has 0 aliphatic heterocycles. The van der Waals surface area contributed by atoms with Gasteiger partial charge in [0.25, 0.3) is 5.89 Å². The molecule has 2 rings (SSSR count). The van der Waals surface area contributed by atoms with Crippen molar-refractivity contribution in [2.24, 2.45) is 0 Å². The van der Waals surface area contributed by atoms with Crippen LogP contribution in [0.15, 0.2) is 28.8 Å². The molecular weight excluding hydrogens is 249 g/mol. The minimum atomic E-state index is -4.50. The average Bonchev–Trinajstić information content (AvgIpc) is 2.77. The minimum absolute atomic E-state index is 0.123. The van der Waals surface area contributed by atoms with Crippen LogP contribution in [0.5, 0.6) is 0 Å². The van der Waals surface area contributed by atoms with Gasteiger partial charge in [-0.3, -0.25) is 0 Å². The number of halogens is 3. The van der Waals surface area contributed by atoms with Gasteiger partial charge in [-0.15, -0.1) is 0 Å². The van der Waals surface area contributed by atoms with Gasteiger partial charge in [0.2, 0.25) is 5.82 Å². The number of aromatic nitrogens is 2. The Kier molecular flexibility index (Phi) is 3.08. The summed E-state index contributed by atoms with van der Waals surface area (Å²) < 4.78 is 43.0. The molecule has 2 aromatic rings. The van der Waals surface area contributed by atoms with E-state index in [4.69, 9.17) is 0 Å². The first-order valence-corrected chi connectivity index (χ1v) is 5.08. The lowest BCUT2D eigenvalue weighted by molar-refractivity contribution is -0.137. The van der Waals surface area contributed by atoms with E-state index in [9.17, 15) is 18.3 Å². The average molecular weight is 258 g/mol. The first-order valence-electron chi connectivity index (χ1n) is 5.08. The molecule has 0 amide bonds. The van der Waals surface area contributed by atoms with Crippen LogP contribution in [0.2, 0.25) is 0 Å². The van der Waals surface area contributed by atoms with Crippen LogP contribution in [0.3, 0.4) is 0 Å². The zero-order valence-electron chi connectivity index (χ0n) is 9.27. The standard InChI is InChI=1S/C11H9F3N2O2/c1-6(17)10-15-9(16-18-10)7-4-2-3-5-8(7)11(12,13)14/h2-6,17H,1H3. The molecule has 1 atom stereocenters. The van der Waals surface area contributed by atoms with Crippen LogP contribution < -0.4 is 0 Å². The van der Waals surface area contributed by atoms with Gasteiger partial charge in [-0.25, -0.2) is 0 Å². The van der Waals surface area contributed by atoms with E-state index >= 15 is 0 Å². The fraction of sp³-hybridized carbons (Fsp3) is 0.273. The van der Waals surface area contributed by atoms with Gasteiger partial charge in [0.15, 0.2) is 0 Å². The van der Waals surface area contributed by atoms with Gasteiger partial charge in [-0.1, -0.05) is 23.4 Å². The molecule has 1 heterocycles. The Morgan fingerprint density at radius 3 is 2.50 bits per heavy atom. The first kappa shape index (κ1) is 12.6. The lowest BCUT2D eigenvalue weighted by atomic mass is 10.1. The molecule has 0 radical (unpaired) electrons. The number of nitrogens with zero attached hydrogens (tertiary/aromatic N) is 2. The number of rotatable bonds is 2. The molecular formula is C11H9F3N2O2. The smallest absolute Gasteiger partial charge is 0.384 e. The van der Waals surface area contributed by atoms with Gasteiger partial charge >= 0.3 is 6.18 Å². The second-order valence-corrected chi connectivity index (χ2v) is 3.68. The van der Waals surface area contributed by atoms with Crippen molar-refractivity contribution in [3.63, 3.8) is 0 Å². The van der Waals surface area contributed by atoms with Crippen molar-refractivity contribution in [3.05, 3.63) is 35.7 Å². The molecule has 96 valence electrons. The molecule has 1 aromatic heterocycles. The highest BCUT2D eigenvalue weighted by molar-refractivity contribution is 5.60. The van der Waals surface area contributed by atoms with E-state index in [1.807, 2.05) is 0 Å². The van der Waals surface area contributed by atoms with Crippen LogP contribution in [0.1, 0.15) is 24.5 Å². The number of alkyl halides is 3. The maximum absolute atomic E-state index is 12.8. The summed E-state index contributed by atoms with van der Waals surface area (Å²) in [5.74, 6) is -0.319. The minimum Gasteiger partial charge on any atom is -0.384 e. The zero-order valence-corrected chi connectivity index (χ0v) is 9.27. The summed E-state index contributed by atoms with van der Waals surface area (Å²) in [6.07, 6.45) is -5.52. The number of aliphatic hydroxyl groups excluding tert-OH is 1. The van der Waals surface area contributed by atoms with E-state index in [1.54, 1.807) is 0 Å². The number of hydrogen-bond donors (Lipinski definition) is 1. The lowest BCUT2D eigenvalue weighted by Crippen LogP contribution is -2.07. The third-order valence-electron chi connectivity index (χ3n) is 2.27. The second kappa shape index (κ2) is 4.41. The molecule has 0 spiro atoms. The van der Waals surface area contributed by atoms with Crippen LogP contribution in [-0.2, 0) is 6.18 Å². The molecule has 1 unspecified atom stereocenters. The summed E-state index contributed by atoms with van der Waals surface area (Å²) >= 11 is 0. The Hall–Kier alpha value is -1.89. The molecule has 1 N–H and O–H groups in total. The van der Waals surface area contributed by atoms with Crippen LogP contribution in [0.4, 0.5) is 13.2 Å². The predicted molar refractivity (Wildman–Crippen MR) is 55.4 cm³/mol. The molecule has 0 saturated carbocycles. The second-order valence-electron chi connectivity index (χ2n) is 3.68. The van der Waals surface area contributed by atoms with Crippen LogP contribution in [0, 0.1) is 0 Å². The monoisotopic (exact) mass is 258 g/mol. The summed E-state index contributed by atoms with van der Waals surface area (Å²) in [5, 5.41) is 12.6. The van der Waals surface area contributed by atoms with Crippen molar-refractivity contribution in [1.29, 1.82) is 0 Å². The molecule has 0 bridgehead atoms. The molecule has 0 saturated heterocycles. The summed E-state index contributed by atoms with van der Waals surface area (Å²) in [7, 11) is 0. The quantitative estimate of drug-likeness (QED) is 0.899. The Morgan fingerprint density at radius 2 is 1.94 bits per heavy atom. The molecule has 4 nitrogen and oxygen atoms in total. The maximum Gasteiger partial charge on any atom is 0.417 e. The van der Waals surface area contributed by atoms with Crippen molar-refractivity contribution in [1.82, 2.24) is 10.1 Å². The summed E-state index contributed by atoms with van der Waals surface area (Å²) in [6, 6.07) is 4.91. The number of hydrogen-bond acceptors (Lipinski definition) is 4. The van der Waals surface area contributed by atoms with E-state index in [1.165, 1.54) is 25.1 Å². The van der Waals surface area contributed by atoms with E-state index in [2.05, 4.69) is 14.7 Å². The Labute approximate surface area is 100 Å². The maximum atomic E-state index is 12.8. The number of benzene rings is 1. The van der Waals surface area contributed by atoms with Crippen molar-refractivity contribution >= 4 is 0 Å². The van der Waals surface area contributed by atoms with Gasteiger partial charge in [0.05, 0.1) is 5.56 Å². The van der Waals surface area contributed by atoms with Crippen LogP contribution in [-0.4, -0.2) is 15.2 Å². The SMILES string of the molecule is CC(O)c1nc(-c2ccccc2C(F)(F)F)no1. The molecule has 0 aliphatic rings.